The highest BCUT2D eigenvalue weighted by Gasteiger charge is 2.17. The molecule has 5 heteroatoms. The van der Waals surface area contributed by atoms with Crippen LogP contribution in [0.25, 0.3) is 11.4 Å². The molecular formula is C11H16N4O. The van der Waals surface area contributed by atoms with E-state index in [0.29, 0.717) is 11.8 Å². The Morgan fingerprint density at radius 1 is 1.50 bits per heavy atom. The van der Waals surface area contributed by atoms with E-state index >= 15 is 0 Å². The molecule has 0 aliphatic heterocycles. The van der Waals surface area contributed by atoms with Gasteiger partial charge in [-0.25, -0.2) is 4.98 Å². The molecule has 2 rings (SSSR count). The van der Waals surface area contributed by atoms with Crippen LogP contribution in [0.5, 0.6) is 0 Å². The molecule has 2 N–H and O–H groups in total. The molecule has 0 fully saturated rings. The van der Waals surface area contributed by atoms with Gasteiger partial charge < -0.3 is 14.8 Å². The molecule has 0 spiro atoms. The maximum Gasteiger partial charge on any atom is 0.225 e. The Kier molecular flexibility index (Phi) is 2.68. The maximum atomic E-state index is 5.77. The molecule has 0 atom stereocenters. The van der Waals surface area contributed by atoms with Crippen LogP contribution >= 0.6 is 0 Å². The minimum atomic E-state index is 0.398. The fourth-order valence-corrected chi connectivity index (χ4v) is 1.66. The Morgan fingerprint density at radius 2 is 2.25 bits per heavy atom. The van der Waals surface area contributed by atoms with Gasteiger partial charge >= 0.3 is 0 Å². The lowest BCUT2D eigenvalue weighted by Crippen LogP contribution is -1.98. The lowest BCUT2D eigenvalue weighted by molar-refractivity contribution is 0.438. The molecule has 0 saturated carbocycles. The van der Waals surface area contributed by atoms with Gasteiger partial charge in [-0.1, -0.05) is 19.0 Å². The molecule has 2 aromatic heterocycles. The quantitative estimate of drug-likeness (QED) is 0.857. The van der Waals surface area contributed by atoms with E-state index < -0.39 is 0 Å². The van der Waals surface area contributed by atoms with Crippen molar-refractivity contribution in [3.63, 3.8) is 0 Å². The molecule has 86 valence electrons. The highest BCUT2D eigenvalue weighted by molar-refractivity contribution is 5.63. The highest BCUT2D eigenvalue weighted by Crippen LogP contribution is 2.27. The summed E-state index contributed by atoms with van der Waals surface area (Å²) in [6.07, 6.45) is 4.49. The Morgan fingerprint density at radius 3 is 2.81 bits per heavy atom. The number of aromatic nitrogens is 3. The van der Waals surface area contributed by atoms with Crippen molar-refractivity contribution in [3.05, 3.63) is 18.1 Å². The van der Waals surface area contributed by atoms with E-state index in [0.717, 1.165) is 23.4 Å². The van der Waals surface area contributed by atoms with E-state index in [1.165, 1.54) is 0 Å². The highest BCUT2D eigenvalue weighted by atomic mass is 16.5. The monoisotopic (exact) mass is 220 g/mol. The van der Waals surface area contributed by atoms with Crippen molar-refractivity contribution in [1.82, 2.24) is 14.7 Å². The number of nitrogens with zero attached hydrogens (tertiary/aromatic N) is 3. The van der Waals surface area contributed by atoms with Crippen molar-refractivity contribution in [2.75, 3.05) is 5.73 Å². The standard InChI is InChI=1S/C11H16N4O/c1-7(2)4-8-10(14-16-11(8)12)9-5-15(3)6-13-9/h5-7H,4,12H2,1-3H3. The van der Waals surface area contributed by atoms with Gasteiger partial charge in [-0.3, -0.25) is 0 Å². The molecule has 2 aromatic rings. The summed E-state index contributed by atoms with van der Waals surface area (Å²) in [7, 11) is 1.92. The second-order valence-electron chi connectivity index (χ2n) is 4.40. The van der Waals surface area contributed by atoms with Gasteiger partial charge in [-0.2, -0.15) is 0 Å². The van der Waals surface area contributed by atoms with Gasteiger partial charge in [0.05, 0.1) is 6.33 Å². The molecule has 0 aromatic carbocycles. The summed E-state index contributed by atoms with van der Waals surface area (Å²) >= 11 is 0. The number of anilines is 1. The van der Waals surface area contributed by atoms with Crippen LogP contribution in [0.1, 0.15) is 19.4 Å². The van der Waals surface area contributed by atoms with Crippen LogP contribution in [0.2, 0.25) is 0 Å². The summed E-state index contributed by atoms with van der Waals surface area (Å²) in [5.74, 6) is 0.901. The summed E-state index contributed by atoms with van der Waals surface area (Å²) in [6.45, 7) is 4.27. The Bertz CT molecular complexity index is 484. The average molecular weight is 220 g/mol. The first-order chi connectivity index (χ1) is 7.58. The summed E-state index contributed by atoms with van der Waals surface area (Å²) < 4.78 is 6.91. The van der Waals surface area contributed by atoms with Crippen molar-refractivity contribution in [2.45, 2.75) is 20.3 Å². The topological polar surface area (TPSA) is 69.9 Å². The maximum absolute atomic E-state index is 5.77. The van der Waals surface area contributed by atoms with Crippen molar-refractivity contribution in [2.24, 2.45) is 13.0 Å². The zero-order valence-corrected chi connectivity index (χ0v) is 9.77. The molecule has 2 heterocycles. The molecule has 16 heavy (non-hydrogen) atoms. The van der Waals surface area contributed by atoms with E-state index in [1.54, 1.807) is 6.33 Å². The number of hydrogen-bond acceptors (Lipinski definition) is 4. The zero-order chi connectivity index (χ0) is 11.7. The number of hydrogen-bond donors (Lipinski definition) is 1. The lowest BCUT2D eigenvalue weighted by atomic mass is 10.0. The minimum Gasteiger partial charge on any atom is -0.367 e. The fraction of sp³-hybridized carbons (Fsp3) is 0.455. The van der Waals surface area contributed by atoms with Crippen LogP contribution in [0.4, 0.5) is 5.88 Å². The van der Waals surface area contributed by atoms with E-state index in [9.17, 15) is 0 Å². The molecule has 0 bridgehead atoms. The normalized spacial score (nSPS) is 11.2. The van der Waals surface area contributed by atoms with Gasteiger partial charge in [-0.15, -0.1) is 0 Å². The minimum absolute atomic E-state index is 0.398. The number of imidazole rings is 1. The van der Waals surface area contributed by atoms with Crippen LogP contribution in [0.15, 0.2) is 17.0 Å². The van der Waals surface area contributed by atoms with Gasteiger partial charge in [0.25, 0.3) is 0 Å². The molecule has 5 nitrogen and oxygen atoms in total. The molecule has 0 aliphatic carbocycles. The van der Waals surface area contributed by atoms with E-state index in [2.05, 4.69) is 24.0 Å². The predicted molar refractivity (Wildman–Crippen MR) is 61.7 cm³/mol. The van der Waals surface area contributed by atoms with Crippen LogP contribution in [0.3, 0.4) is 0 Å². The first-order valence-electron chi connectivity index (χ1n) is 5.30. The Labute approximate surface area is 94.3 Å². The summed E-state index contributed by atoms with van der Waals surface area (Å²) in [5, 5.41) is 3.98. The molecule has 0 amide bonds. The number of aryl methyl sites for hydroxylation is 1. The molecule has 0 saturated heterocycles. The largest absolute Gasteiger partial charge is 0.367 e. The van der Waals surface area contributed by atoms with Crippen molar-refractivity contribution >= 4 is 5.88 Å². The third-order valence-electron chi connectivity index (χ3n) is 2.38. The van der Waals surface area contributed by atoms with Crippen LogP contribution in [0, 0.1) is 5.92 Å². The van der Waals surface area contributed by atoms with Crippen molar-refractivity contribution in [1.29, 1.82) is 0 Å². The third kappa shape index (κ3) is 1.93. The van der Waals surface area contributed by atoms with Crippen molar-refractivity contribution in [3.8, 4) is 11.4 Å². The second-order valence-corrected chi connectivity index (χ2v) is 4.40. The summed E-state index contributed by atoms with van der Waals surface area (Å²) in [6, 6.07) is 0. The third-order valence-corrected chi connectivity index (χ3v) is 2.38. The zero-order valence-electron chi connectivity index (χ0n) is 9.77. The van der Waals surface area contributed by atoms with E-state index in [1.807, 2.05) is 17.8 Å². The number of nitrogen functional groups attached to an aromatic ring is 1. The fourth-order valence-electron chi connectivity index (χ4n) is 1.66. The lowest BCUT2D eigenvalue weighted by Gasteiger charge is -2.03. The SMILES string of the molecule is CC(C)Cc1c(-c2cn(C)cn2)noc1N. The van der Waals surface area contributed by atoms with E-state index in [4.69, 9.17) is 10.3 Å². The van der Waals surface area contributed by atoms with Gasteiger partial charge in [0.1, 0.15) is 11.4 Å². The summed E-state index contributed by atoms with van der Waals surface area (Å²) in [4.78, 5) is 4.25. The Hall–Kier alpha value is -1.78. The number of rotatable bonds is 3. The molecule has 0 radical (unpaired) electrons. The van der Waals surface area contributed by atoms with E-state index in [-0.39, 0.29) is 0 Å². The van der Waals surface area contributed by atoms with Crippen LogP contribution in [-0.2, 0) is 13.5 Å². The predicted octanol–water partition coefficient (Wildman–Crippen LogP) is 1.86. The van der Waals surface area contributed by atoms with Gasteiger partial charge in [0, 0.05) is 18.8 Å². The molecule has 0 aliphatic rings. The first-order valence-corrected chi connectivity index (χ1v) is 5.30. The average Bonchev–Trinajstić information content (AvgIpc) is 2.75. The van der Waals surface area contributed by atoms with Crippen LogP contribution in [-0.4, -0.2) is 14.7 Å². The van der Waals surface area contributed by atoms with Crippen LogP contribution < -0.4 is 5.73 Å². The second kappa shape index (κ2) is 4.00. The first kappa shape index (κ1) is 10.7. The van der Waals surface area contributed by atoms with Gasteiger partial charge in [0.15, 0.2) is 0 Å². The number of nitrogens with two attached hydrogens (primary N) is 1. The molecular weight excluding hydrogens is 204 g/mol. The Balaban J connectivity index is 2.41. The van der Waals surface area contributed by atoms with Crippen molar-refractivity contribution < 1.29 is 4.52 Å². The smallest absolute Gasteiger partial charge is 0.225 e. The summed E-state index contributed by atoms with van der Waals surface area (Å²) in [5.41, 5.74) is 8.28. The van der Waals surface area contributed by atoms with Gasteiger partial charge in [0.2, 0.25) is 5.88 Å². The van der Waals surface area contributed by atoms with Gasteiger partial charge in [-0.05, 0) is 12.3 Å². The molecule has 0 unspecified atom stereocenters.